The van der Waals surface area contributed by atoms with Gasteiger partial charge in [-0.2, -0.15) is 0 Å². The number of amides is 2. The maximum atomic E-state index is 11.9. The highest BCUT2D eigenvalue weighted by molar-refractivity contribution is 9.10. The van der Waals surface area contributed by atoms with Crippen LogP contribution in [0.15, 0.2) is 28.7 Å². The summed E-state index contributed by atoms with van der Waals surface area (Å²) in [6.45, 7) is 2.70. The van der Waals surface area contributed by atoms with Crippen molar-refractivity contribution >= 4 is 27.7 Å². The molecule has 2 amide bonds. The highest BCUT2D eigenvalue weighted by Gasteiger charge is 2.20. The van der Waals surface area contributed by atoms with Crippen molar-refractivity contribution in [2.75, 3.05) is 26.2 Å². The number of carbonyl (C=O) groups excluding carboxylic acids is 2. The van der Waals surface area contributed by atoms with Crippen LogP contribution in [0.25, 0.3) is 0 Å². The minimum Gasteiger partial charge on any atom is -0.354 e. The Morgan fingerprint density at radius 1 is 1.10 bits per heavy atom. The van der Waals surface area contributed by atoms with Gasteiger partial charge in [0.1, 0.15) is 0 Å². The first-order chi connectivity index (χ1) is 10.2. The van der Waals surface area contributed by atoms with Crippen LogP contribution in [0.5, 0.6) is 0 Å². The Morgan fingerprint density at radius 3 is 2.38 bits per heavy atom. The normalized spacial score (nSPS) is 15.5. The maximum Gasteiger partial charge on any atom is 0.251 e. The predicted molar refractivity (Wildman–Crippen MR) is 85.1 cm³/mol. The number of hydrogen-bond donors (Lipinski definition) is 3. The molecule has 0 spiro atoms. The fourth-order valence-corrected chi connectivity index (χ4v) is 2.56. The lowest BCUT2D eigenvalue weighted by molar-refractivity contribution is -0.125. The third-order valence-electron chi connectivity index (χ3n) is 3.53. The molecular formula is C15H20BrN3O2. The summed E-state index contributed by atoms with van der Waals surface area (Å²) in [7, 11) is 0. The number of hydrogen-bond acceptors (Lipinski definition) is 3. The second-order valence-corrected chi connectivity index (χ2v) is 5.99. The van der Waals surface area contributed by atoms with E-state index >= 15 is 0 Å². The zero-order valence-corrected chi connectivity index (χ0v) is 13.4. The first-order valence-corrected chi connectivity index (χ1v) is 7.98. The summed E-state index contributed by atoms with van der Waals surface area (Å²) in [5.74, 6) is 0.0708. The molecule has 1 heterocycles. The molecule has 114 valence electrons. The van der Waals surface area contributed by atoms with E-state index in [1.165, 1.54) is 0 Å². The molecule has 0 bridgehead atoms. The van der Waals surface area contributed by atoms with Gasteiger partial charge in [0.05, 0.1) is 0 Å². The number of carbonyl (C=O) groups is 2. The van der Waals surface area contributed by atoms with Gasteiger partial charge in [-0.15, -0.1) is 0 Å². The zero-order valence-electron chi connectivity index (χ0n) is 11.8. The molecule has 2 rings (SSSR count). The van der Waals surface area contributed by atoms with Crippen molar-refractivity contribution in [3.05, 3.63) is 34.3 Å². The van der Waals surface area contributed by atoms with Crippen molar-refractivity contribution in [3.8, 4) is 0 Å². The van der Waals surface area contributed by atoms with Crippen molar-refractivity contribution in [3.63, 3.8) is 0 Å². The van der Waals surface area contributed by atoms with E-state index in [2.05, 4.69) is 31.9 Å². The van der Waals surface area contributed by atoms with E-state index in [0.717, 1.165) is 30.4 Å². The molecule has 1 aliphatic heterocycles. The molecule has 1 fully saturated rings. The average Bonchev–Trinajstić information content (AvgIpc) is 2.52. The van der Waals surface area contributed by atoms with Crippen molar-refractivity contribution < 1.29 is 9.59 Å². The van der Waals surface area contributed by atoms with Crippen LogP contribution in [-0.2, 0) is 4.79 Å². The van der Waals surface area contributed by atoms with Crippen molar-refractivity contribution in [2.45, 2.75) is 12.8 Å². The van der Waals surface area contributed by atoms with Crippen molar-refractivity contribution in [1.82, 2.24) is 16.0 Å². The van der Waals surface area contributed by atoms with E-state index in [1.807, 2.05) is 12.1 Å². The lowest BCUT2D eigenvalue weighted by Crippen LogP contribution is -2.41. The van der Waals surface area contributed by atoms with Gasteiger partial charge in [-0.1, -0.05) is 15.9 Å². The summed E-state index contributed by atoms with van der Waals surface area (Å²) in [6.07, 6.45) is 1.77. The minimum absolute atomic E-state index is 0.0920. The number of halogens is 1. The second-order valence-electron chi connectivity index (χ2n) is 5.08. The Hall–Kier alpha value is -1.40. The molecule has 3 N–H and O–H groups in total. The Morgan fingerprint density at radius 2 is 1.71 bits per heavy atom. The van der Waals surface area contributed by atoms with Gasteiger partial charge in [0.25, 0.3) is 5.91 Å². The van der Waals surface area contributed by atoms with Gasteiger partial charge >= 0.3 is 0 Å². The van der Waals surface area contributed by atoms with Gasteiger partial charge in [-0.3, -0.25) is 9.59 Å². The molecule has 0 atom stereocenters. The molecule has 0 radical (unpaired) electrons. The lowest BCUT2D eigenvalue weighted by atomic mass is 9.97. The van der Waals surface area contributed by atoms with Crippen LogP contribution < -0.4 is 16.0 Å². The number of benzene rings is 1. The van der Waals surface area contributed by atoms with Gasteiger partial charge in [-0.25, -0.2) is 0 Å². The van der Waals surface area contributed by atoms with E-state index in [1.54, 1.807) is 12.1 Å². The summed E-state index contributed by atoms with van der Waals surface area (Å²) in [6, 6.07) is 7.17. The molecule has 1 saturated heterocycles. The third-order valence-corrected chi connectivity index (χ3v) is 4.05. The van der Waals surface area contributed by atoms with Gasteiger partial charge in [0.15, 0.2) is 0 Å². The van der Waals surface area contributed by atoms with Crippen LogP contribution >= 0.6 is 15.9 Å². The Kier molecular flexibility index (Phi) is 6.20. The van der Waals surface area contributed by atoms with E-state index < -0.39 is 0 Å². The first kappa shape index (κ1) is 16.0. The highest BCUT2D eigenvalue weighted by Crippen LogP contribution is 2.11. The standard InChI is InChI=1S/C15H20BrN3O2/c16-13-3-1-11(2-4-13)14(20)18-9-10-19-15(21)12-5-7-17-8-6-12/h1-4,12,17H,5-10H2,(H,18,20)(H,19,21). The average molecular weight is 354 g/mol. The topological polar surface area (TPSA) is 70.2 Å². The molecule has 1 aromatic rings. The van der Waals surface area contributed by atoms with E-state index in [-0.39, 0.29) is 17.7 Å². The molecule has 0 unspecified atom stereocenters. The quantitative estimate of drug-likeness (QED) is 0.698. The number of nitrogens with one attached hydrogen (secondary N) is 3. The summed E-state index contributed by atoms with van der Waals surface area (Å²) in [4.78, 5) is 23.7. The van der Waals surface area contributed by atoms with Gasteiger partial charge in [0.2, 0.25) is 5.91 Å². The van der Waals surface area contributed by atoms with Gasteiger partial charge in [-0.05, 0) is 50.2 Å². The second kappa shape index (κ2) is 8.14. The summed E-state index contributed by atoms with van der Waals surface area (Å²) < 4.78 is 0.938. The zero-order chi connectivity index (χ0) is 15.1. The molecular weight excluding hydrogens is 334 g/mol. The van der Waals surface area contributed by atoms with E-state index in [4.69, 9.17) is 0 Å². The number of piperidine rings is 1. The predicted octanol–water partition coefficient (Wildman–Crippen LogP) is 1.29. The van der Waals surface area contributed by atoms with Gasteiger partial charge in [0, 0.05) is 29.0 Å². The SMILES string of the molecule is O=C(NCCNC(=O)C1CCNCC1)c1ccc(Br)cc1. The maximum absolute atomic E-state index is 11.9. The first-order valence-electron chi connectivity index (χ1n) is 7.19. The Bertz CT molecular complexity index is 484. The minimum atomic E-state index is -0.126. The van der Waals surface area contributed by atoms with E-state index in [9.17, 15) is 9.59 Å². The van der Waals surface area contributed by atoms with Crippen molar-refractivity contribution in [1.29, 1.82) is 0 Å². The van der Waals surface area contributed by atoms with Crippen molar-refractivity contribution in [2.24, 2.45) is 5.92 Å². The molecule has 21 heavy (non-hydrogen) atoms. The van der Waals surface area contributed by atoms with Gasteiger partial charge < -0.3 is 16.0 Å². The summed E-state index contributed by atoms with van der Waals surface area (Å²) in [5, 5.41) is 8.91. The lowest BCUT2D eigenvalue weighted by Gasteiger charge is -2.21. The molecule has 1 aromatic carbocycles. The molecule has 0 aromatic heterocycles. The van der Waals surface area contributed by atoms with Crippen LogP contribution in [0.1, 0.15) is 23.2 Å². The molecule has 1 aliphatic rings. The molecule has 5 nitrogen and oxygen atoms in total. The summed E-state index contributed by atoms with van der Waals surface area (Å²) >= 11 is 3.33. The van der Waals surface area contributed by atoms with Crippen LogP contribution in [-0.4, -0.2) is 38.0 Å². The van der Waals surface area contributed by atoms with Crippen LogP contribution in [0.3, 0.4) is 0 Å². The molecule has 0 saturated carbocycles. The third kappa shape index (κ3) is 5.13. The van der Waals surface area contributed by atoms with E-state index in [0.29, 0.717) is 18.7 Å². The van der Waals surface area contributed by atoms with Crippen LogP contribution in [0.4, 0.5) is 0 Å². The fourth-order valence-electron chi connectivity index (χ4n) is 2.29. The fraction of sp³-hybridized carbons (Fsp3) is 0.467. The smallest absolute Gasteiger partial charge is 0.251 e. The summed E-state index contributed by atoms with van der Waals surface area (Å²) in [5.41, 5.74) is 0.614. The largest absolute Gasteiger partial charge is 0.354 e. The van der Waals surface area contributed by atoms with Crippen LogP contribution in [0, 0.1) is 5.92 Å². The number of rotatable bonds is 5. The monoisotopic (exact) mass is 353 g/mol. The highest BCUT2D eigenvalue weighted by atomic mass is 79.9. The Labute approximate surface area is 133 Å². The molecule has 0 aliphatic carbocycles. The molecule has 6 heteroatoms. The Balaban J connectivity index is 1.66. The van der Waals surface area contributed by atoms with Crippen LogP contribution in [0.2, 0.25) is 0 Å².